The number of hydrogen-bond donors (Lipinski definition) is 3. The summed E-state index contributed by atoms with van der Waals surface area (Å²) in [6, 6.07) is 4.95. The molecule has 1 aromatic rings. The zero-order valence-corrected chi connectivity index (χ0v) is 13.5. The zero-order chi connectivity index (χ0) is 16.4. The van der Waals surface area contributed by atoms with Crippen LogP contribution in [-0.2, 0) is 4.79 Å². The van der Waals surface area contributed by atoms with E-state index in [4.69, 9.17) is 0 Å². The molecule has 0 radical (unpaired) electrons. The van der Waals surface area contributed by atoms with Crippen molar-refractivity contribution in [3.63, 3.8) is 0 Å². The zero-order valence-electron chi connectivity index (χ0n) is 12.7. The van der Waals surface area contributed by atoms with E-state index in [0.717, 1.165) is 13.0 Å². The molecular weight excluding hydrogens is 316 g/mol. The molecule has 0 aromatic heterocycles. The summed E-state index contributed by atoms with van der Waals surface area (Å²) in [6.07, 6.45) is 3.83. The molecule has 7 heteroatoms. The van der Waals surface area contributed by atoms with Crippen LogP contribution in [0.2, 0.25) is 0 Å². The van der Waals surface area contributed by atoms with Crippen LogP contribution >= 0.6 is 10.6 Å². The van der Waals surface area contributed by atoms with E-state index in [-0.39, 0.29) is 11.8 Å². The van der Waals surface area contributed by atoms with E-state index in [2.05, 4.69) is 5.32 Å². The number of fused-ring (bicyclic) bond motifs is 1. The second-order valence-corrected chi connectivity index (χ2v) is 7.60. The first-order valence-corrected chi connectivity index (χ1v) is 9.25. The van der Waals surface area contributed by atoms with Gasteiger partial charge in [0.05, 0.1) is 4.90 Å². The first-order valence-electron chi connectivity index (χ1n) is 7.64. The SMILES string of the molecule is O=C(NCCCN1CCCC1=O)c1cccc2c1C=CS2(O)O. The lowest BCUT2D eigenvalue weighted by Crippen LogP contribution is -2.30. The summed E-state index contributed by atoms with van der Waals surface area (Å²) in [5.41, 5.74) is 1.01. The highest BCUT2D eigenvalue weighted by Crippen LogP contribution is 2.56. The molecule has 0 saturated carbocycles. The van der Waals surface area contributed by atoms with Gasteiger partial charge in [0.1, 0.15) is 0 Å². The summed E-state index contributed by atoms with van der Waals surface area (Å²) in [7, 11) is -2.91. The maximum Gasteiger partial charge on any atom is 0.251 e. The predicted molar refractivity (Wildman–Crippen MR) is 89.4 cm³/mol. The third-order valence-electron chi connectivity index (χ3n) is 4.12. The molecule has 124 valence electrons. The van der Waals surface area contributed by atoms with Crippen LogP contribution in [-0.4, -0.2) is 45.5 Å². The normalized spacial score (nSPS) is 19.7. The van der Waals surface area contributed by atoms with Crippen LogP contribution in [0.5, 0.6) is 0 Å². The molecule has 0 bridgehead atoms. The highest BCUT2D eigenvalue weighted by Gasteiger charge is 2.25. The van der Waals surface area contributed by atoms with E-state index in [9.17, 15) is 18.7 Å². The van der Waals surface area contributed by atoms with Crippen molar-refractivity contribution < 1.29 is 18.7 Å². The quantitative estimate of drug-likeness (QED) is 0.721. The van der Waals surface area contributed by atoms with Gasteiger partial charge in [-0.1, -0.05) is 6.07 Å². The Morgan fingerprint density at radius 2 is 2.17 bits per heavy atom. The molecule has 0 atom stereocenters. The summed E-state index contributed by atoms with van der Waals surface area (Å²) < 4.78 is 19.8. The van der Waals surface area contributed by atoms with Gasteiger partial charge in [0.2, 0.25) is 5.91 Å². The smallest absolute Gasteiger partial charge is 0.251 e. The highest BCUT2D eigenvalue weighted by atomic mass is 32.3. The lowest BCUT2D eigenvalue weighted by Gasteiger charge is -2.25. The van der Waals surface area contributed by atoms with E-state index in [1.165, 1.54) is 5.41 Å². The molecule has 0 spiro atoms. The van der Waals surface area contributed by atoms with Gasteiger partial charge in [0.15, 0.2) is 0 Å². The molecule has 0 aliphatic carbocycles. The molecule has 6 nitrogen and oxygen atoms in total. The standard InChI is InChI=1S/C16H20N2O4S/c19-15-6-2-9-18(15)10-3-8-17-16(20)13-4-1-5-14-12(13)7-11-23(14,21)22/h1,4-5,7,11,21-22H,2-3,6,8-10H2,(H,17,20). The van der Waals surface area contributed by atoms with Crippen LogP contribution in [0, 0.1) is 0 Å². The van der Waals surface area contributed by atoms with Crippen molar-refractivity contribution in [2.45, 2.75) is 24.2 Å². The third kappa shape index (κ3) is 3.26. The number of nitrogens with one attached hydrogen (secondary N) is 1. The molecule has 0 unspecified atom stereocenters. The monoisotopic (exact) mass is 336 g/mol. The topological polar surface area (TPSA) is 89.9 Å². The Labute approximate surface area is 136 Å². The van der Waals surface area contributed by atoms with Gasteiger partial charge in [-0.2, -0.15) is 0 Å². The molecule has 1 aromatic carbocycles. The third-order valence-corrected chi connectivity index (χ3v) is 5.64. The minimum atomic E-state index is -2.91. The van der Waals surface area contributed by atoms with Gasteiger partial charge in [0.25, 0.3) is 5.91 Å². The van der Waals surface area contributed by atoms with Crippen molar-refractivity contribution in [2.24, 2.45) is 0 Å². The van der Waals surface area contributed by atoms with Crippen molar-refractivity contribution in [3.05, 3.63) is 34.7 Å². The molecule has 1 fully saturated rings. The van der Waals surface area contributed by atoms with Gasteiger partial charge in [-0.25, -0.2) is 0 Å². The van der Waals surface area contributed by atoms with Crippen LogP contribution in [0.1, 0.15) is 35.2 Å². The van der Waals surface area contributed by atoms with Gasteiger partial charge in [0, 0.05) is 42.6 Å². The molecule has 2 amide bonds. The largest absolute Gasteiger partial charge is 0.352 e. The molecular formula is C16H20N2O4S. The summed E-state index contributed by atoms with van der Waals surface area (Å²) in [5.74, 6) is -0.0519. The first kappa shape index (κ1) is 16.0. The van der Waals surface area contributed by atoms with Crippen molar-refractivity contribution >= 4 is 28.5 Å². The molecule has 3 N–H and O–H groups in total. The van der Waals surface area contributed by atoms with Crippen LogP contribution in [0.15, 0.2) is 28.5 Å². The number of carbonyl (C=O) groups excluding carboxylic acids is 2. The fraction of sp³-hybridized carbons (Fsp3) is 0.375. The molecule has 23 heavy (non-hydrogen) atoms. The molecule has 2 aliphatic rings. The summed E-state index contributed by atoms with van der Waals surface area (Å²) >= 11 is 0. The lowest BCUT2D eigenvalue weighted by molar-refractivity contribution is -0.127. The number of hydrogen-bond acceptors (Lipinski definition) is 4. The lowest BCUT2D eigenvalue weighted by atomic mass is 10.1. The summed E-state index contributed by atoms with van der Waals surface area (Å²) in [5, 5.41) is 4.17. The Morgan fingerprint density at radius 1 is 1.35 bits per heavy atom. The first-order chi connectivity index (χ1) is 11.0. The molecule has 2 aliphatic heterocycles. The van der Waals surface area contributed by atoms with Crippen molar-refractivity contribution in [1.29, 1.82) is 0 Å². The molecule has 1 saturated heterocycles. The molecule has 3 rings (SSSR count). The van der Waals surface area contributed by atoms with E-state index >= 15 is 0 Å². The van der Waals surface area contributed by atoms with E-state index in [1.807, 2.05) is 4.90 Å². The van der Waals surface area contributed by atoms with Crippen molar-refractivity contribution in [3.8, 4) is 0 Å². The Kier molecular flexibility index (Phi) is 4.43. The van der Waals surface area contributed by atoms with Crippen molar-refractivity contribution in [1.82, 2.24) is 10.2 Å². The van der Waals surface area contributed by atoms with Gasteiger partial charge in [-0.3, -0.25) is 18.7 Å². The second-order valence-electron chi connectivity index (χ2n) is 5.71. The fourth-order valence-electron chi connectivity index (χ4n) is 2.92. The van der Waals surface area contributed by atoms with Crippen molar-refractivity contribution in [2.75, 3.05) is 19.6 Å². The number of benzene rings is 1. The molecule has 2 heterocycles. The maximum absolute atomic E-state index is 12.3. The summed E-state index contributed by atoms with van der Waals surface area (Å²) in [6.45, 7) is 1.94. The fourth-order valence-corrected chi connectivity index (χ4v) is 4.17. The number of carbonyl (C=O) groups is 2. The minimum absolute atomic E-state index is 0.188. The Balaban J connectivity index is 1.56. The Hall–Kier alpha value is -1.83. The Bertz CT molecular complexity index is 672. The summed E-state index contributed by atoms with van der Waals surface area (Å²) in [4.78, 5) is 26.0. The minimum Gasteiger partial charge on any atom is -0.352 e. The van der Waals surface area contributed by atoms with Gasteiger partial charge >= 0.3 is 0 Å². The Morgan fingerprint density at radius 3 is 2.91 bits per heavy atom. The average molecular weight is 336 g/mol. The number of rotatable bonds is 5. The van der Waals surface area contributed by atoms with Gasteiger partial charge in [-0.05, 0) is 31.1 Å². The number of nitrogens with zero attached hydrogens (tertiary/aromatic N) is 1. The number of likely N-dealkylation sites (tertiary alicyclic amines) is 1. The average Bonchev–Trinajstić information content (AvgIpc) is 3.07. The van der Waals surface area contributed by atoms with Crippen LogP contribution in [0.3, 0.4) is 0 Å². The predicted octanol–water partition coefficient (Wildman–Crippen LogP) is 2.52. The van der Waals surface area contributed by atoms with Crippen LogP contribution in [0.25, 0.3) is 6.08 Å². The van der Waals surface area contributed by atoms with Gasteiger partial charge in [-0.15, -0.1) is 10.6 Å². The van der Waals surface area contributed by atoms with Gasteiger partial charge < -0.3 is 10.2 Å². The highest BCUT2D eigenvalue weighted by molar-refractivity contribution is 8.27. The maximum atomic E-state index is 12.3. The van der Waals surface area contributed by atoms with E-state index in [1.54, 1.807) is 24.3 Å². The van der Waals surface area contributed by atoms with E-state index < -0.39 is 10.6 Å². The van der Waals surface area contributed by atoms with E-state index in [0.29, 0.717) is 42.0 Å². The number of amides is 2. The second kappa shape index (κ2) is 6.35. The van der Waals surface area contributed by atoms with Crippen LogP contribution in [0.4, 0.5) is 0 Å². The van der Waals surface area contributed by atoms with Crippen LogP contribution < -0.4 is 5.32 Å².